The zero-order valence-corrected chi connectivity index (χ0v) is 14.1. The maximum atomic E-state index is 12.5. The molecule has 0 saturated heterocycles. The number of halogens is 3. The van der Waals surface area contributed by atoms with Gasteiger partial charge in [0.2, 0.25) is 10.9 Å². The second-order valence-electron chi connectivity index (χ2n) is 5.31. The summed E-state index contributed by atoms with van der Waals surface area (Å²) in [6, 6.07) is 2.12. The molecule has 13 heteroatoms. The van der Waals surface area contributed by atoms with Gasteiger partial charge in [0.05, 0.1) is 6.04 Å². The van der Waals surface area contributed by atoms with Gasteiger partial charge >= 0.3 is 6.18 Å². The van der Waals surface area contributed by atoms with E-state index in [1.807, 2.05) is 0 Å². The molecule has 3 heterocycles. The van der Waals surface area contributed by atoms with E-state index < -0.39 is 33.1 Å². The summed E-state index contributed by atoms with van der Waals surface area (Å²) in [7, 11) is -4.10. The maximum absolute atomic E-state index is 12.5. The molecule has 3 rings (SSSR count). The van der Waals surface area contributed by atoms with Crippen LogP contribution in [0.2, 0.25) is 0 Å². The molecule has 0 aliphatic heterocycles. The van der Waals surface area contributed by atoms with Crippen molar-refractivity contribution < 1.29 is 30.5 Å². The number of nitrogens with zero attached hydrogens (tertiary/aromatic N) is 3. The second kappa shape index (κ2) is 6.25. The van der Waals surface area contributed by atoms with Crippen molar-refractivity contribution in [3.63, 3.8) is 0 Å². The van der Waals surface area contributed by atoms with Crippen molar-refractivity contribution in [2.24, 2.45) is 0 Å². The minimum atomic E-state index is -4.71. The van der Waals surface area contributed by atoms with E-state index in [-0.39, 0.29) is 17.3 Å². The molecule has 0 aliphatic carbocycles. The highest BCUT2D eigenvalue weighted by Gasteiger charge is 2.36. The van der Waals surface area contributed by atoms with Crippen LogP contribution < -0.4 is 4.72 Å². The van der Waals surface area contributed by atoms with E-state index in [1.54, 1.807) is 6.92 Å². The molecule has 0 aromatic carbocycles. The van der Waals surface area contributed by atoms with Crippen LogP contribution in [0, 0.1) is 6.92 Å². The number of rotatable bonds is 5. The lowest BCUT2D eigenvalue weighted by molar-refractivity contribution is -0.155. The molecule has 26 heavy (non-hydrogen) atoms. The highest BCUT2D eigenvalue weighted by atomic mass is 32.2. The van der Waals surface area contributed by atoms with E-state index in [1.165, 1.54) is 13.0 Å². The number of H-pyrrole nitrogens is 1. The van der Waals surface area contributed by atoms with Crippen molar-refractivity contribution in [3.8, 4) is 11.5 Å². The summed E-state index contributed by atoms with van der Waals surface area (Å²) in [6.07, 6.45) is -4.71. The van der Waals surface area contributed by atoms with Crippen LogP contribution in [0.4, 0.5) is 13.2 Å². The fraction of sp³-hybridized carbons (Fsp3) is 0.308. The standard InChI is InChI=1S/C13H12F3N5O4S/c1-6(12-17-7(2)18-19-12)21-26(22,23)11-4-3-9(24-11)8-5-10(25-20-8)13(14,15)16/h3-6,21H,1-2H3,(H,17,18,19). The molecular weight excluding hydrogens is 379 g/mol. The number of aromatic amines is 1. The highest BCUT2D eigenvalue weighted by Crippen LogP contribution is 2.33. The third kappa shape index (κ3) is 3.62. The Kier molecular flexibility index (Phi) is 4.36. The molecule has 140 valence electrons. The molecule has 0 amide bonds. The molecule has 3 aromatic rings. The molecule has 3 aromatic heterocycles. The van der Waals surface area contributed by atoms with Crippen LogP contribution in [0.25, 0.3) is 11.5 Å². The van der Waals surface area contributed by atoms with Crippen LogP contribution in [0.5, 0.6) is 0 Å². The van der Waals surface area contributed by atoms with Gasteiger partial charge in [0.1, 0.15) is 11.5 Å². The number of hydrogen-bond donors (Lipinski definition) is 2. The predicted octanol–water partition coefficient (Wildman–Crippen LogP) is 2.42. The number of aromatic nitrogens is 4. The van der Waals surface area contributed by atoms with Gasteiger partial charge < -0.3 is 8.94 Å². The average Bonchev–Trinajstić information content (AvgIpc) is 3.25. The Morgan fingerprint density at radius 3 is 2.62 bits per heavy atom. The summed E-state index contributed by atoms with van der Waals surface area (Å²) >= 11 is 0. The van der Waals surface area contributed by atoms with Gasteiger partial charge in [0.15, 0.2) is 11.6 Å². The summed E-state index contributed by atoms with van der Waals surface area (Å²) in [6.45, 7) is 3.18. The first-order valence-electron chi connectivity index (χ1n) is 7.11. The third-order valence-electron chi connectivity index (χ3n) is 3.22. The smallest absolute Gasteiger partial charge is 0.441 e. The van der Waals surface area contributed by atoms with Crippen LogP contribution in [0.15, 0.2) is 32.2 Å². The molecule has 0 saturated carbocycles. The van der Waals surface area contributed by atoms with Gasteiger partial charge in [-0.05, 0) is 26.0 Å². The van der Waals surface area contributed by atoms with Gasteiger partial charge in [0, 0.05) is 6.07 Å². The molecule has 0 radical (unpaired) electrons. The van der Waals surface area contributed by atoms with Gasteiger partial charge in [-0.15, -0.1) is 0 Å². The normalized spacial score (nSPS) is 13.9. The lowest BCUT2D eigenvalue weighted by Gasteiger charge is -2.09. The Morgan fingerprint density at radius 1 is 1.31 bits per heavy atom. The number of hydrogen-bond acceptors (Lipinski definition) is 7. The quantitative estimate of drug-likeness (QED) is 0.684. The topological polar surface area (TPSA) is 127 Å². The summed E-state index contributed by atoms with van der Waals surface area (Å²) < 4.78 is 73.9. The lowest BCUT2D eigenvalue weighted by Crippen LogP contribution is -2.27. The Bertz CT molecular complexity index is 1020. The van der Waals surface area contributed by atoms with Crippen molar-refractivity contribution in [3.05, 3.63) is 35.6 Å². The monoisotopic (exact) mass is 391 g/mol. The largest absolute Gasteiger partial charge is 0.452 e. The number of sulfonamides is 1. The molecule has 2 N–H and O–H groups in total. The summed E-state index contributed by atoms with van der Waals surface area (Å²) in [4.78, 5) is 4.01. The molecule has 0 spiro atoms. The third-order valence-corrected chi connectivity index (χ3v) is 4.63. The van der Waals surface area contributed by atoms with Crippen LogP contribution >= 0.6 is 0 Å². The van der Waals surface area contributed by atoms with Crippen molar-refractivity contribution in [1.82, 2.24) is 25.1 Å². The summed E-state index contributed by atoms with van der Waals surface area (Å²) in [5, 5.41) is 9.17. The minimum absolute atomic E-state index is 0.189. The Morgan fingerprint density at radius 2 is 2.04 bits per heavy atom. The van der Waals surface area contributed by atoms with Crippen LogP contribution in [-0.2, 0) is 16.2 Å². The van der Waals surface area contributed by atoms with Gasteiger partial charge in [-0.1, -0.05) is 5.16 Å². The Balaban J connectivity index is 1.81. The molecule has 1 unspecified atom stereocenters. The zero-order valence-electron chi connectivity index (χ0n) is 13.3. The zero-order chi connectivity index (χ0) is 19.1. The van der Waals surface area contributed by atoms with Gasteiger partial charge in [-0.25, -0.2) is 13.4 Å². The first-order valence-corrected chi connectivity index (χ1v) is 8.60. The van der Waals surface area contributed by atoms with E-state index in [2.05, 4.69) is 29.6 Å². The second-order valence-corrected chi connectivity index (χ2v) is 6.96. The minimum Gasteiger partial charge on any atom is -0.441 e. The number of furan rings is 1. The van der Waals surface area contributed by atoms with Crippen molar-refractivity contribution >= 4 is 10.0 Å². The molecule has 0 fully saturated rings. The molecular formula is C13H12F3N5O4S. The molecule has 0 aliphatic rings. The van der Waals surface area contributed by atoms with Crippen molar-refractivity contribution in [2.45, 2.75) is 31.2 Å². The number of aryl methyl sites for hydroxylation is 1. The summed E-state index contributed by atoms with van der Waals surface area (Å²) in [5.41, 5.74) is -0.281. The Hall–Kier alpha value is -2.67. The van der Waals surface area contributed by atoms with Gasteiger partial charge in [-0.3, -0.25) is 5.10 Å². The van der Waals surface area contributed by atoms with E-state index >= 15 is 0 Å². The van der Waals surface area contributed by atoms with E-state index in [9.17, 15) is 21.6 Å². The molecule has 1 atom stereocenters. The van der Waals surface area contributed by atoms with E-state index in [4.69, 9.17) is 4.42 Å². The molecule has 9 nitrogen and oxygen atoms in total. The van der Waals surface area contributed by atoms with Crippen molar-refractivity contribution in [1.29, 1.82) is 0 Å². The fourth-order valence-electron chi connectivity index (χ4n) is 2.02. The first kappa shape index (κ1) is 18.1. The maximum Gasteiger partial charge on any atom is 0.452 e. The van der Waals surface area contributed by atoms with Crippen LogP contribution in [0.3, 0.4) is 0 Å². The fourth-order valence-corrected chi connectivity index (χ4v) is 3.16. The summed E-state index contributed by atoms with van der Waals surface area (Å²) in [5.74, 6) is -0.770. The predicted molar refractivity (Wildman–Crippen MR) is 79.1 cm³/mol. The van der Waals surface area contributed by atoms with Gasteiger partial charge in [0.25, 0.3) is 10.0 Å². The average molecular weight is 391 g/mol. The Labute approximate surface area is 144 Å². The number of alkyl halides is 3. The van der Waals surface area contributed by atoms with Crippen molar-refractivity contribution in [2.75, 3.05) is 0 Å². The highest BCUT2D eigenvalue weighted by molar-refractivity contribution is 7.89. The van der Waals surface area contributed by atoms with E-state index in [0.717, 1.165) is 6.07 Å². The SMILES string of the molecule is Cc1nc(C(C)NS(=O)(=O)c2ccc(-c3cc(C(F)(F)F)on3)o2)n[nH]1. The van der Waals surface area contributed by atoms with Crippen LogP contribution in [-0.4, -0.2) is 28.8 Å². The van der Waals surface area contributed by atoms with Gasteiger partial charge in [-0.2, -0.15) is 23.0 Å². The van der Waals surface area contributed by atoms with Crippen LogP contribution in [0.1, 0.15) is 30.4 Å². The number of nitrogens with one attached hydrogen (secondary N) is 2. The lowest BCUT2D eigenvalue weighted by atomic mass is 10.3. The van der Waals surface area contributed by atoms with E-state index in [0.29, 0.717) is 11.9 Å². The molecule has 0 bridgehead atoms. The first-order chi connectivity index (χ1) is 12.1.